The number of amides is 1. The summed E-state index contributed by atoms with van der Waals surface area (Å²) in [5.41, 5.74) is 5.01. The highest BCUT2D eigenvalue weighted by Gasteiger charge is 2.22. The predicted octanol–water partition coefficient (Wildman–Crippen LogP) is 2.31. The van der Waals surface area contributed by atoms with E-state index in [-0.39, 0.29) is 24.4 Å². The first-order valence-electron chi connectivity index (χ1n) is 6.23. The largest absolute Gasteiger partial charge is 0.351 e. The molecular formula is C14H21ClN2OS. The molecular weight excluding hydrogens is 280 g/mol. The summed E-state index contributed by atoms with van der Waals surface area (Å²) in [5.74, 6) is 1.86. The van der Waals surface area contributed by atoms with E-state index in [4.69, 9.17) is 0 Å². The molecule has 0 aliphatic carbocycles. The van der Waals surface area contributed by atoms with Crippen LogP contribution in [-0.2, 0) is 11.3 Å². The van der Waals surface area contributed by atoms with Crippen LogP contribution in [0, 0.1) is 20.8 Å². The summed E-state index contributed by atoms with van der Waals surface area (Å²) in [7, 11) is 0. The Labute approximate surface area is 125 Å². The van der Waals surface area contributed by atoms with Gasteiger partial charge in [0.2, 0.25) is 5.91 Å². The lowest BCUT2D eigenvalue weighted by Crippen LogP contribution is -2.41. The van der Waals surface area contributed by atoms with Gasteiger partial charge in [-0.1, -0.05) is 17.7 Å². The van der Waals surface area contributed by atoms with E-state index in [0.717, 1.165) is 11.6 Å². The summed E-state index contributed by atoms with van der Waals surface area (Å²) in [6.45, 7) is 6.93. The molecule has 106 valence electrons. The lowest BCUT2D eigenvalue weighted by atomic mass is 10.00. The first kappa shape index (κ1) is 16.3. The Morgan fingerprint density at radius 3 is 2.53 bits per heavy atom. The highest BCUT2D eigenvalue weighted by Crippen LogP contribution is 2.16. The zero-order valence-corrected chi connectivity index (χ0v) is 13.2. The van der Waals surface area contributed by atoms with Gasteiger partial charge < -0.3 is 5.32 Å². The summed E-state index contributed by atoms with van der Waals surface area (Å²) < 4.78 is 0. The molecule has 0 saturated carbocycles. The van der Waals surface area contributed by atoms with Crippen molar-refractivity contribution in [2.24, 2.45) is 0 Å². The average Bonchev–Trinajstić information content (AvgIpc) is 2.80. The highest BCUT2D eigenvalue weighted by molar-refractivity contribution is 7.99. The van der Waals surface area contributed by atoms with Crippen molar-refractivity contribution in [3.8, 4) is 0 Å². The van der Waals surface area contributed by atoms with Gasteiger partial charge in [-0.05, 0) is 37.5 Å². The van der Waals surface area contributed by atoms with E-state index < -0.39 is 0 Å². The van der Waals surface area contributed by atoms with E-state index in [1.165, 1.54) is 22.3 Å². The molecule has 1 aliphatic heterocycles. The molecule has 1 aromatic rings. The SMILES string of the molecule is Cc1cc(C)c(CNC(=O)C2CSCN2)c(C)c1.Cl. The predicted molar refractivity (Wildman–Crippen MR) is 84.0 cm³/mol. The van der Waals surface area contributed by atoms with E-state index in [1.54, 1.807) is 11.8 Å². The molecule has 2 N–H and O–H groups in total. The Morgan fingerprint density at radius 1 is 1.37 bits per heavy atom. The van der Waals surface area contributed by atoms with Crippen LogP contribution in [0.25, 0.3) is 0 Å². The van der Waals surface area contributed by atoms with Crippen LogP contribution in [0.5, 0.6) is 0 Å². The summed E-state index contributed by atoms with van der Waals surface area (Å²) in [5, 5.41) is 6.21. The number of benzene rings is 1. The molecule has 1 heterocycles. The minimum Gasteiger partial charge on any atom is -0.351 e. The van der Waals surface area contributed by atoms with E-state index in [1.807, 2.05) is 0 Å². The normalized spacial score (nSPS) is 17.9. The first-order valence-corrected chi connectivity index (χ1v) is 7.39. The van der Waals surface area contributed by atoms with Crippen LogP contribution in [0.4, 0.5) is 0 Å². The van der Waals surface area contributed by atoms with Crippen LogP contribution in [0.3, 0.4) is 0 Å². The van der Waals surface area contributed by atoms with Crippen molar-refractivity contribution in [3.63, 3.8) is 0 Å². The van der Waals surface area contributed by atoms with Crippen LogP contribution in [0.2, 0.25) is 0 Å². The fourth-order valence-electron chi connectivity index (χ4n) is 2.35. The Kier molecular flexibility index (Phi) is 6.17. The van der Waals surface area contributed by atoms with Crippen molar-refractivity contribution in [2.45, 2.75) is 33.4 Å². The number of aryl methyl sites for hydroxylation is 3. The van der Waals surface area contributed by atoms with Crippen LogP contribution < -0.4 is 10.6 Å². The van der Waals surface area contributed by atoms with Crippen molar-refractivity contribution in [3.05, 3.63) is 34.4 Å². The minimum absolute atomic E-state index is 0. The molecule has 0 radical (unpaired) electrons. The monoisotopic (exact) mass is 300 g/mol. The molecule has 1 fully saturated rings. The molecule has 1 saturated heterocycles. The lowest BCUT2D eigenvalue weighted by Gasteiger charge is -2.14. The second-order valence-corrected chi connectivity index (χ2v) is 5.90. The molecule has 19 heavy (non-hydrogen) atoms. The van der Waals surface area contributed by atoms with Gasteiger partial charge in [0, 0.05) is 18.2 Å². The summed E-state index contributed by atoms with van der Waals surface area (Å²) in [4.78, 5) is 11.9. The average molecular weight is 301 g/mol. The van der Waals surface area contributed by atoms with Crippen LogP contribution in [0.1, 0.15) is 22.3 Å². The van der Waals surface area contributed by atoms with Crippen LogP contribution >= 0.6 is 24.2 Å². The number of nitrogens with one attached hydrogen (secondary N) is 2. The number of hydrogen-bond acceptors (Lipinski definition) is 3. The van der Waals surface area contributed by atoms with Crippen molar-refractivity contribution >= 4 is 30.1 Å². The second-order valence-electron chi connectivity index (χ2n) is 4.87. The van der Waals surface area contributed by atoms with E-state index >= 15 is 0 Å². The van der Waals surface area contributed by atoms with Crippen molar-refractivity contribution in [1.82, 2.24) is 10.6 Å². The molecule has 0 aromatic heterocycles. The fourth-order valence-corrected chi connectivity index (χ4v) is 3.29. The molecule has 1 atom stereocenters. The summed E-state index contributed by atoms with van der Waals surface area (Å²) in [6.07, 6.45) is 0. The molecule has 1 aliphatic rings. The van der Waals surface area contributed by atoms with Crippen molar-refractivity contribution < 1.29 is 4.79 Å². The summed E-state index contributed by atoms with van der Waals surface area (Å²) in [6, 6.07) is 4.30. The maximum absolute atomic E-state index is 11.9. The number of halogens is 1. The van der Waals surface area contributed by atoms with Gasteiger partial charge in [-0.15, -0.1) is 24.2 Å². The Hall–Kier alpha value is -0.710. The molecule has 2 rings (SSSR count). The van der Waals surface area contributed by atoms with Crippen molar-refractivity contribution in [2.75, 3.05) is 11.6 Å². The standard InChI is InChI=1S/C14H20N2OS.ClH/c1-9-4-10(2)12(11(3)5-9)6-15-14(17)13-7-18-8-16-13;/h4-5,13,16H,6-8H2,1-3H3,(H,15,17);1H. The van der Waals surface area contributed by atoms with Gasteiger partial charge in [-0.3, -0.25) is 10.1 Å². The quantitative estimate of drug-likeness (QED) is 0.900. The molecule has 5 heteroatoms. The zero-order valence-electron chi connectivity index (χ0n) is 11.6. The maximum atomic E-state index is 11.9. The molecule has 3 nitrogen and oxygen atoms in total. The van der Waals surface area contributed by atoms with E-state index in [2.05, 4.69) is 43.5 Å². The molecule has 1 aromatic carbocycles. The smallest absolute Gasteiger partial charge is 0.238 e. The number of thioether (sulfide) groups is 1. The Balaban J connectivity index is 0.00000180. The Bertz CT molecular complexity index is 436. The first-order chi connectivity index (χ1) is 8.58. The highest BCUT2D eigenvalue weighted by atomic mass is 35.5. The minimum atomic E-state index is -0.0268. The third kappa shape index (κ3) is 4.13. The van der Waals surface area contributed by atoms with Gasteiger partial charge in [0.15, 0.2) is 0 Å². The third-order valence-electron chi connectivity index (χ3n) is 3.31. The van der Waals surface area contributed by atoms with Gasteiger partial charge in [0.05, 0.1) is 6.04 Å². The molecule has 0 spiro atoms. The topological polar surface area (TPSA) is 41.1 Å². The zero-order chi connectivity index (χ0) is 13.1. The fraction of sp³-hybridized carbons (Fsp3) is 0.500. The second kappa shape index (κ2) is 7.17. The molecule has 1 amide bonds. The van der Waals surface area contributed by atoms with Gasteiger partial charge in [0.25, 0.3) is 0 Å². The lowest BCUT2D eigenvalue weighted by molar-refractivity contribution is -0.122. The Morgan fingerprint density at radius 2 is 2.00 bits per heavy atom. The van der Waals surface area contributed by atoms with Crippen LogP contribution in [-0.4, -0.2) is 23.6 Å². The maximum Gasteiger partial charge on any atom is 0.238 e. The van der Waals surface area contributed by atoms with Gasteiger partial charge in [0.1, 0.15) is 0 Å². The third-order valence-corrected chi connectivity index (χ3v) is 4.25. The van der Waals surface area contributed by atoms with Crippen LogP contribution in [0.15, 0.2) is 12.1 Å². The van der Waals surface area contributed by atoms with Gasteiger partial charge in [-0.2, -0.15) is 0 Å². The van der Waals surface area contributed by atoms with E-state index in [9.17, 15) is 4.79 Å². The number of carbonyl (C=O) groups is 1. The van der Waals surface area contributed by atoms with Crippen molar-refractivity contribution in [1.29, 1.82) is 0 Å². The molecule has 1 unspecified atom stereocenters. The number of hydrogen-bond donors (Lipinski definition) is 2. The van der Waals surface area contributed by atoms with E-state index in [0.29, 0.717) is 6.54 Å². The van der Waals surface area contributed by atoms with Gasteiger partial charge >= 0.3 is 0 Å². The number of rotatable bonds is 3. The number of carbonyl (C=O) groups excluding carboxylic acids is 1. The molecule has 0 bridgehead atoms. The summed E-state index contributed by atoms with van der Waals surface area (Å²) >= 11 is 1.77. The van der Waals surface area contributed by atoms with Gasteiger partial charge in [-0.25, -0.2) is 0 Å².